The van der Waals surface area contributed by atoms with E-state index in [2.05, 4.69) is 34.3 Å². The van der Waals surface area contributed by atoms with Gasteiger partial charge in [-0.15, -0.1) is 11.3 Å². The van der Waals surface area contributed by atoms with Crippen LogP contribution < -0.4 is 11.1 Å². The van der Waals surface area contributed by atoms with Gasteiger partial charge in [0.2, 0.25) is 5.28 Å². The highest BCUT2D eigenvalue weighted by atomic mass is 35.5. The second-order valence-corrected chi connectivity index (χ2v) is 8.39. The van der Waals surface area contributed by atoms with Crippen LogP contribution in [0.15, 0.2) is 30.3 Å². The predicted molar refractivity (Wildman–Crippen MR) is 110 cm³/mol. The van der Waals surface area contributed by atoms with Crippen molar-refractivity contribution in [3.05, 3.63) is 51.6 Å². The Labute approximate surface area is 162 Å². The maximum absolute atomic E-state index is 6.43. The molecule has 2 aromatic heterocycles. The first-order valence-corrected chi connectivity index (χ1v) is 10.3. The number of nitrogens with two attached hydrogens (primary N) is 1. The Bertz CT molecular complexity index is 909. The standard InChI is InChI=1S/C20H23ClN4S/c1-12-16-18(26-17(12)14-9-5-6-10-15(14)22)19(25-20(21)24-16)23-11-13-7-3-2-4-8-13/h2-4,7-8,14-15H,5-6,9-11,22H2,1H3,(H,23,24,25)/t14-,15-/m1/s1. The molecule has 1 aliphatic rings. The van der Waals surface area contributed by atoms with Crippen LogP contribution in [0.2, 0.25) is 5.28 Å². The van der Waals surface area contributed by atoms with Crippen molar-refractivity contribution in [2.45, 2.75) is 51.1 Å². The normalized spacial score (nSPS) is 20.4. The summed E-state index contributed by atoms with van der Waals surface area (Å²) in [5.74, 6) is 1.23. The third-order valence-electron chi connectivity index (χ3n) is 5.23. The van der Waals surface area contributed by atoms with Crippen LogP contribution in [0.5, 0.6) is 0 Å². The van der Waals surface area contributed by atoms with Crippen LogP contribution >= 0.6 is 22.9 Å². The molecule has 2 atom stereocenters. The van der Waals surface area contributed by atoms with Crippen LogP contribution in [0, 0.1) is 6.92 Å². The molecule has 0 amide bonds. The van der Waals surface area contributed by atoms with Crippen LogP contribution in [-0.2, 0) is 6.54 Å². The molecule has 0 unspecified atom stereocenters. The number of hydrogen-bond acceptors (Lipinski definition) is 5. The van der Waals surface area contributed by atoms with Gasteiger partial charge in [0, 0.05) is 23.4 Å². The van der Waals surface area contributed by atoms with E-state index in [1.54, 1.807) is 11.3 Å². The first-order chi connectivity index (χ1) is 12.6. The SMILES string of the molecule is Cc1c([C@@H]2CCCC[C@H]2N)sc2c(NCc3ccccc3)nc(Cl)nc12. The van der Waals surface area contributed by atoms with Gasteiger partial charge in [-0.25, -0.2) is 4.98 Å². The van der Waals surface area contributed by atoms with Crippen molar-refractivity contribution in [2.24, 2.45) is 5.73 Å². The van der Waals surface area contributed by atoms with Gasteiger partial charge in [-0.05, 0) is 42.5 Å². The minimum atomic E-state index is 0.236. The van der Waals surface area contributed by atoms with E-state index in [-0.39, 0.29) is 11.3 Å². The first kappa shape index (κ1) is 17.7. The molecule has 4 rings (SSSR count). The largest absolute Gasteiger partial charge is 0.365 e. The molecule has 4 nitrogen and oxygen atoms in total. The van der Waals surface area contributed by atoms with Crippen molar-refractivity contribution in [1.82, 2.24) is 9.97 Å². The summed E-state index contributed by atoms with van der Waals surface area (Å²) in [4.78, 5) is 10.3. The molecule has 1 saturated carbocycles. The minimum absolute atomic E-state index is 0.236. The molecule has 0 saturated heterocycles. The highest BCUT2D eigenvalue weighted by Crippen LogP contribution is 2.43. The van der Waals surface area contributed by atoms with Crippen molar-refractivity contribution in [3.63, 3.8) is 0 Å². The lowest BCUT2D eigenvalue weighted by atomic mass is 9.83. The Hall–Kier alpha value is -1.69. The molecule has 0 aliphatic heterocycles. The van der Waals surface area contributed by atoms with Crippen molar-refractivity contribution in [3.8, 4) is 0 Å². The molecule has 1 aromatic carbocycles. The van der Waals surface area contributed by atoms with Gasteiger partial charge in [0.25, 0.3) is 0 Å². The second-order valence-electron chi connectivity index (χ2n) is 7.00. The molecular weight excluding hydrogens is 364 g/mol. The smallest absolute Gasteiger partial charge is 0.224 e. The third kappa shape index (κ3) is 3.43. The number of benzene rings is 1. The average molecular weight is 387 g/mol. The van der Waals surface area contributed by atoms with Gasteiger partial charge >= 0.3 is 0 Å². The zero-order valence-corrected chi connectivity index (χ0v) is 16.4. The van der Waals surface area contributed by atoms with Gasteiger partial charge in [0.05, 0.1) is 10.2 Å². The number of fused-ring (bicyclic) bond motifs is 1. The van der Waals surface area contributed by atoms with Crippen LogP contribution in [0.4, 0.5) is 5.82 Å². The van der Waals surface area contributed by atoms with Crippen LogP contribution in [0.3, 0.4) is 0 Å². The van der Waals surface area contributed by atoms with Gasteiger partial charge in [0.15, 0.2) is 0 Å². The lowest BCUT2D eigenvalue weighted by Crippen LogP contribution is -2.31. The number of thiophene rings is 1. The molecule has 1 fully saturated rings. The van der Waals surface area contributed by atoms with Crippen molar-refractivity contribution >= 4 is 39.0 Å². The van der Waals surface area contributed by atoms with E-state index >= 15 is 0 Å². The molecular formula is C20H23ClN4S. The zero-order chi connectivity index (χ0) is 18.1. The molecule has 0 radical (unpaired) electrons. The van der Waals surface area contributed by atoms with E-state index in [4.69, 9.17) is 17.3 Å². The van der Waals surface area contributed by atoms with Crippen LogP contribution in [-0.4, -0.2) is 16.0 Å². The molecule has 3 aromatic rings. The number of rotatable bonds is 4. The van der Waals surface area contributed by atoms with Gasteiger partial charge in [-0.2, -0.15) is 4.98 Å². The average Bonchev–Trinajstić information content (AvgIpc) is 2.98. The zero-order valence-electron chi connectivity index (χ0n) is 14.8. The molecule has 2 heterocycles. The number of aromatic nitrogens is 2. The molecule has 3 N–H and O–H groups in total. The lowest BCUT2D eigenvalue weighted by Gasteiger charge is -2.28. The maximum atomic E-state index is 6.43. The van der Waals surface area contributed by atoms with Gasteiger partial charge in [0.1, 0.15) is 5.82 Å². The monoisotopic (exact) mass is 386 g/mol. The number of hydrogen-bond donors (Lipinski definition) is 2. The Morgan fingerprint density at radius 1 is 1.19 bits per heavy atom. The number of halogens is 1. The Kier molecular flexibility index (Phi) is 5.11. The van der Waals surface area contributed by atoms with E-state index in [0.29, 0.717) is 12.5 Å². The van der Waals surface area contributed by atoms with Gasteiger partial charge in [-0.3, -0.25) is 0 Å². The first-order valence-electron chi connectivity index (χ1n) is 9.13. The van der Waals surface area contributed by atoms with E-state index in [1.807, 2.05) is 18.2 Å². The van der Waals surface area contributed by atoms with Gasteiger partial charge < -0.3 is 11.1 Å². The number of nitrogens with one attached hydrogen (secondary N) is 1. The molecule has 6 heteroatoms. The summed E-state index contributed by atoms with van der Waals surface area (Å²) in [6, 6.07) is 10.5. The highest BCUT2D eigenvalue weighted by molar-refractivity contribution is 7.20. The van der Waals surface area contributed by atoms with Crippen LogP contribution in [0.1, 0.15) is 47.6 Å². The van der Waals surface area contributed by atoms with E-state index in [9.17, 15) is 0 Å². The topological polar surface area (TPSA) is 63.8 Å². The Balaban J connectivity index is 1.70. The number of aryl methyl sites for hydroxylation is 1. The summed E-state index contributed by atoms with van der Waals surface area (Å²) in [7, 11) is 0. The van der Waals surface area contributed by atoms with E-state index in [1.165, 1.54) is 28.8 Å². The molecule has 136 valence electrons. The molecule has 0 spiro atoms. The third-order valence-corrected chi connectivity index (χ3v) is 6.82. The Morgan fingerprint density at radius 3 is 2.73 bits per heavy atom. The summed E-state index contributed by atoms with van der Waals surface area (Å²) in [6.07, 6.45) is 4.74. The summed E-state index contributed by atoms with van der Waals surface area (Å²) in [5, 5.41) is 3.73. The highest BCUT2D eigenvalue weighted by Gasteiger charge is 2.28. The fourth-order valence-electron chi connectivity index (χ4n) is 3.82. The van der Waals surface area contributed by atoms with Crippen molar-refractivity contribution in [1.29, 1.82) is 0 Å². The summed E-state index contributed by atoms with van der Waals surface area (Å²) in [5.41, 5.74) is 9.80. The fraction of sp³-hybridized carbons (Fsp3) is 0.400. The van der Waals surface area contributed by atoms with Gasteiger partial charge in [-0.1, -0.05) is 43.2 Å². The Morgan fingerprint density at radius 2 is 1.96 bits per heavy atom. The summed E-state index contributed by atoms with van der Waals surface area (Å²) < 4.78 is 1.08. The predicted octanol–water partition coefficient (Wildman–Crippen LogP) is 5.25. The summed E-state index contributed by atoms with van der Waals surface area (Å²) >= 11 is 8.00. The van der Waals surface area contributed by atoms with E-state index < -0.39 is 0 Å². The second kappa shape index (κ2) is 7.51. The number of anilines is 1. The maximum Gasteiger partial charge on any atom is 0.224 e. The van der Waals surface area contributed by atoms with Crippen LogP contribution in [0.25, 0.3) is 10.2 Å². The fourth-order valence-corrected chi connectivity index (χ4v) is 5.41. The summed E-state index contributed by atoms with van der Waals surface area (Å²) in [6.45, 7) is 2.85. The molecule has 0 bridgehead atoms. The lowest BCUT2D eigenvalue weighted by molar-refractivity contribution is 0.389. The number of nitrogens with zero attached hydrogens (tertiary/aromatic N) is 2. The van der Waals surface area contributed by atoms with E-state index in [0.717, 1.165) is 28.9 Å². The molecule has 1 aliphatic carbocycles. The quantitative estimate of drug-likeness (QED) is 0.601. The van der Waals surface area contributed by atoms with Crippen molar-refractivity contribution in [2.75, 3.05) is 5.32 Å². The van der Waals surface area contributed by atoms with Crippen molar-refractivity contribution < 1.29 is 0 Å². The minimum Gasteiger partial charge on any atom is -0.365 e. The molecule has 26 heavy (non-hydrogen) atoms.